The van der Waals surface area contributed by atoms with Gasteiger partial charge in [0.2, 0.25) is 0 Å². The summed E-state index contributed by atoms with van der Waals surface area (Å²) in [6, 6.07) is -0.0226. The Morgan fingerprint density at radius 1 is 1.53 bits per heavy atom. The molecule has 0 aliphatic carbocycles. The van der Waals surface area contributed by atoms with Crippen LogP contribution < -0.4 is 11.3 Å². The molecule has 0 saturated heterocycles. The van der Waals surface area contributed by atoms with E-state index >= 15 is 0 Å². The van der Waals surface area contributed by atoms with Crippen LogP contribution in [0.15, 0.2) is 12.4 Å². The SMILES string of the molecule is CCCn1cc(C(NN)C(OC)C(C)C)cn1. The summed E-state index contributed by atoms with van der Waals surface area (Å²) >= 11 is 0. The predicted molar refractivity (Wildman–Crippen MR) is 68.2 cm³/mol. The Morgan fingerprint density at radius 3 is 2.71 bits per heavy atom. The van der Waals surface area contributed by atoms with Gasteiger partial charge in [-0.1, -0.05) is 20.8 Å². The number of rotatable bonds is 7. The third-order valence-corrected chi connectivity index (χ3v) is 2.90. The van der Waals surface area contributed by atoms with Crippen LogP contribution in [0, 0.1) is 5.92 Å². The molecular weight excluding hydrogens is 216 g/mol. The number of nitrogens with zero attached hydrogens (tertiary/aromatic N) is 2. The molecule has 0 aromatic carbocycles. The maximum absolute atomic E-state index is 5.64. The second-order valence-corrected chi connectivity index (χ2v) is 4.63. The summed E-state index contributed by atoms with van der Waals surface area (Å²) in [5, 5.41) is 4.32. The van der Waals surface area contributed by atoms with Crippen LogP contribution in [-0.4, -0.2) is 23.0 Å². The van der Waals surface area contributed by atoms with Gasteiger partial charge in [0, 0.05) is 25.4 Å². The molecule has 0 aliphatic rings. The van der Waals surface area contributed by atoms with E-state index in [1.165, 1.54) is 0 Å². The highest BCUT2D eigenvalue weighted by molar-refractivity contribution is 5.12. The summed E-state index contributed by atoms with van der Waals surface area (Å²) in [4.78, 5) is 0. The van der Waals surface area contributed by atoms with Gasteiger partial charge in [0.1, 0.15) is 0 Å². The third-order valence-electron chi connectivity index (χ3n) is 2.90. The molecule has 1 aromatic heterocycles. The molecule has 0 fully saturated rings. The van der Waals surface area contributed by atoms with E-state index in [-0.39, 0.29) is 12.1 Å². The van der Waals surface area contributed by atoms with Crippen molar-refractivity contribution in [3.8, 4) is 0 Å². The summed E-state index contributed by atoms with van der Waals surface area (Å²) in [6.07, 6.45) is 5.00. The van der Waals surface area contributed by atoms with Crippen molar-refractivity contribution in [2.24, 2.45) is 11.8 Å². The maximum atomic E-state index is 5.64. The van der Waals surface area contributed by atoms with Crippen molar-refractivity contribution in [1.82, 2.24) is 15.2 Å². The van der Waals surface area contributed by atoms with E-state index in [9.17, 15) is 0 Å². The van der Waals surface area contributed by atoms with Gasteiger partial charge in [-0.2, -0.15) is 5.10 Å². The summed E-state index contributed by atoms with van der Waals surface area (Å²) in [5.74, 6) is 6.02. The molecule has 0 aliphatic heterocycles. The largest absolute Gasteiger partial charge is 0.379 e. The quantitative estimate of drug-likeness (QED) is 0.559. The number of nitrogens with one attached hydrogen (secondary N) is 1. The number of aryl methyl sites for hydroxylation is 1. The van der Waals surface area contributed by atoms with Crippen molar-refractivity contribution in [2.75, 3.05) is 7.11 Å². The minimum atomic E-state index is -0.0226. The van der Waals surface area contributed by atoms with Gasteiger partial charge in [0.25, 0.3) is 0 Å². The first kappa shape index (κ1) is 14.2. The fraction of sp³-hybridized carbons (Fsp3) is 0.750. The van der Waals surface area contributed by atoms with Crippen LogP contribution in [0.1, 0.15) is 38.8 Å². The summed E-state index contributed by atoms with van der Waals surface area (Å²) in [7, 11) is 1.71. The van der Waals surface area contributed by atoms with Gasteiger partial charge in [0.05, 0.1) is 18.3 Å². The number of nitrogens with two attached hydrogens (primary N) is 1. The Labute approximate surface area is 103 Å². The fourth-order valence-corrected chi connectivity index (χ4v) is 2.07. The molecule has 5 heteroatoms. The van der Waals surface area contributed by atoms with E-state index in [2.05, 4.69) is 31.3 Å². The van der Waals surface area contributed by atoms with E-state index in [4.69, 9.17) is 10.6 Å². The van der Waals surface area contributed by atoms with Gasteiger partial charge < -0.3 is 4.74 Å². The first-order chi connectivity index (χ1) is 8.13. The molecular formula is C12H24N4O. The Bertz CT molecular complexity index is 324. The molecule has 1 aromatic rings. The smallest absolute Gasteiger partial charge is 0.0802 e. The van der Waals surface area contributed by atoms with Crippen molar-refractivity contribution in [3.05, 3.63) is 18.0 Å². The Balaban J connectivity index is 2.84. The third kappa shape index (κ3) is 3.52. The van der Waals surface area contributed by atoms with E-state index in [1.807, 2.05) is 17.1 Å². The van der Waals surface area contributed by atoms with E-state index < -0.39 is 0 Å². The molecule has 98 valence electrons. The Hall–Kier alpha value is -0.910. The zero-order chi connectivity index (χ0) is 12.8. The number of aromatic nitrogens is 2. The second-order valence-electron chi connectivity index (χ2n) is 4.63. The summed E-state index contributed by atoms with van der Waals surface area (Å²) in [6.45, 7) is 7.30. The normalized spacial score (nSPS) is 15.2. The monoisotopic (exact) mass is 240 g/mol. The van der Waals surface area contributed by atoms with Gasteiger partial charge in [0.15, 0.2) is 0 Å². The molecule has 0 saturated carbocycles. The topological polar surface area (TPSA) is 65.1 Å². The number of hydrogen-bond donors (Lipinski definition) is 2. The minimum Gasteiger partial charge on any atom is -0.379 e. The summed E-state index contributed by atoms with van der Waals surface area (Å²) in [5.41, 5.74) is 3.90. The van der Waals surface area contributed by atoms with Gasteiger partial charge in [-0.15, -0.1) is 0 Å². The molecule has 2 atom stereocenters. The lowest BCUT2D eigenvalue weighted by Gasteiger charge is -2.27. The number of methoxy groups -OCH3 is 1. The highest BCUT2D eigenvalue weighted by Crippen LogP contribution is 2.23. The lowest BCUT2D eigenvalue weighted by molar-refractivity contribution is 0.0326. The fourth-order valence-electron chi connectivity index (χ4n) is 2.07. The first-order valence-corrected chi connectivity index (χ1v) is 6.15. The molecule has 1 rings (SSSR count). The van der Waals surface area contributed by atoms with Crippen LogP contribution >= 0.6 is 0 Å². The molecule has 0 spiro atoms. The standard InChI is InChI=1S/C12H24N4O/c1-5-6-16-8-10(7-14-16)11(15-13)12(17-4)9(2)3/h7-9,11-12,15H,5-6,13H2,1-4H3. The van der Waals surface area contributed by atoms with Crippen molar-refractivity contribution in [1.29, 1.82) is 0 Å². The van der Waals surface area contributed by atoms with Gasteiger partial charge in [-0.05, 0) is 12.3 Å². The molecule has 2 unspecified atom stereocenters. The Kier molecular flexibility index (Phi) is 5.61. The molecule has 0 amide bonds. The average molecular weight is 240 g/mol. The van der Waals surface area contributed by atoms with Gasteiger partial charge in [-0.3, -0.25) is 16.0 Å². The van der Waals surface area contributed by atoms with E-state index in [0.29, 0.717) is 5.92 Å². The maximum Gasteiger partial charge on any atom is 0.0802 e. The number of ether oxygens (including phenoxy) is 1. The van der Waals surface area contributed by atoms with Crippen molar-refractivity contribution < 1.29 is 4.74 Å². The number of hydrazine groups is 1. The zero-order valence-corrected chi connectivity index (χ0v) is 11.2. The molecule has 5 nitrogen and oxygen atoms in total. The highest BCUT2D eigenvalue weighted by Gasteiger charge is 2.25. The van der Waals surface area contributed by atoms with E-state index in [0.717, 1.165) is 18.5 Å². The summed E-state index contributed by atoms with van der Waals surface area (Å²) < 4.78 is 7.45. The molecule has 1 heterocycles. The van der Waals surface area contributed by atoms with Crippen LogP contribution in [0.2, 0.25) is 0 Å². The van der Waals surface area contributed by atoms with Gasteiger partial charge in [-0.25, -0.2) is 0 Å². The van der Waals surface area contributed by atoms with Crippen molar-refractivity contribution in [3.63, 3.8) is 0 Å². The minimum absolute atomic E-state index is 0.0226. The van der Waals surface area contributed by atoms with E-state index in [1.54, 1.807) is 7.11 Å². The Morgan fingerprint density at radius 2 is 2.24 bits per heavy atom. The predicted octanol–water partition coefficient (Wildman–Crippen LogP) is 1.47. The number of hydrogen-bond acceptors (Lipinski definition) is 4. The van der Waals surface area contributed by atoms with Crippen molar-refractivity contribution in [2.45, 2.75) is 45.9 Å². The van der Waals surface area contributed by atoms with Crippen molar-refractivity contribution >= 4 is 0 Å². The van der Waals surface area contributed by atoms with Gasteiger partial charge >= 0.3 is 0 Å². The molecule has 0 radical (unpaired) electrons. The van der Waals surface area contributed by atoms with Crippen LogP contribution in [0.5, 0.6) is 0 Å². The molecule has 17 heavy (non-hydrogen) atoms. The van der Waals surface area contributed by atoms with Crippen LogP contribution in [-0.2, 0) is 11.3 Å². The molecule has 3 N–H and O–H groups in total. The van der Waals surface area contributed by atoms with Crippen LogP contribution in [0.4, 0.5) is 0 Å². The van der Waals surface area contributed by atoms with Crippen LogP contribution in [0.25, 0.3) is 0 Å². The average Bonchev–Trinajstić information content (AvgIpc) is 2.74. The molecule has 0 bridgehead atoms. The lowest BCUT2D eigenvalue weighted by Crippen LogP contribution is -2.40. The van der Waals surface area contributed by atoms with Crippen LogP contribution in [0.3, 0.4) is 0 Å². The second kappa shape index (κ2) is 6.74. The highest BCUT2D eigenvalue weighted by atomic mass is 16.5. The first-order valence-electron chi connectivity index (χ1n) is 6.15. The zero-order valence-electron chi connectivity index (χ0n) is 11.2. The lowest BCUT2D eigenvalue weighted by atomic mass is 9.96.